The van der Waals surface area contributed by atoms with Crippen molar-refractivity contribution in [2.45, 2.75) is 6.54 Å². The van der Waals surface area contributed by atoms with Crippen LogP contribution in [0.25, 0.3) is 5.65 Å². The van der Waals surface area contributed by atoms with Crippen LogP contribution in [0.2, 0.25) is 0 Å². The molecule has 0 bridgehead atoms. The van der Waals surface area contributed by atoms with Gasteiger partial charge in [0.25, 0.3) is 0 Å². The van der Waals surface area contributed by atoms with Crippen LogP contribution in [0.1, 0.15) is 5.69 Å². The Morgan fingerprint density at radius 3 is 2.79 bits per heavy atom. The molecule has 4 nitrogen and oxygen atoms in total. The number of hydrogen-bond acceptors (Lipinski definition) is 3. The third-order valence-corrected chi connectivity index (χ3v) is 3.88. The van der Waals surface area contributed by atoms with Gasteiger partial charge >= 0.3 is 0 Å². The second-order valence-corrected chi connectivity index (χ2v) is 5.69. The van der Waals surface area contributed by atoms with Crippen molar-refractivity contribution in [1.82, 2.24) is 14.4 Å². The van der Waals surface area contributed by atoms with Crippen LogP contribution in [-0.4, -0.2) is 14.4 Å². The summed E-state index contributed by atoms with van der Waals surface area (Å²) in [5.74, 6) is 0. The topological polar surface area (TPSA) is 42.2 Å². The molecule has 0 aliphatic carbocycles. The molecule has 0 saturated carbocycles. The number of para-hydroxylation sites is 1. The van der Waals surface area contributed by atoms with Crippen molar-refractivity contribution in [3.8, 4) is 0 Å². The highest BCUT2D eigenvalue weighted by Crippen LogP contribution is 2.22. The third-order valence-electron chi connectivity index (χ3n) is 2.77. The molecule has 0 unspecified atom stereocenters. The molecule has 0 spiro atoms. The summed E-state index contributed by atoms with van der Waals surface area (Å²) in [6.45, 7) is 0.695. The first kappa shape index (κ1) is 12.6. The highest BCUT2D eigenvalue weighted by molar-refractivity contribution is 9.10. The van der Waals surface area contributed by atoms with Crippen LogP contribution in [-0.2, 0) is 6.54 Å². The number of halogens is 2. The van der Waals surface area contributed by atoms with E-state index < -0.39 is 0 Å². The summed E-state index contributed by atoms with van der Waals surface area (Å²) >= 11 is 6.89. The Hall–Kier alpha value is -1.40. The number of fused-ring (bicyclic) bond motifs is 1. The van der Waals surface area contributed by atoms with E-state index in [9.17, 15) is 0 Å². The lowest BCUT2D eigenvalue weighted by Gasteiger charge is -2.08. The molecular weight excluding hydrogens is 372 g/mol. The van der Waals surface area contributed by atoms with Crippen molar-refractivity contribution in [3.05, 3.63) is 57.6 Å². The zero-order valence-corrected chi connectivity index (χ0v) is 13.0. The molecule has 0 radical (unpaired) electrons. The summed E-state index contributed by atoms with van der Waals surface area (Å²) in [6, 6.07) is 8.04. The van der Waals surface area contributed by atoms with Crippen molar-refractivity contribution in [1.29, 1.82) is 0 Å². The Morgan fingerprint density at radius 1 is 1.11 bits per heavy atom. The van der Waals surface area contributed by atoms with Gasteiger partial charge in [-0.05, 0) is 44.0 Å². The Morgan fingerprint density at radius 2 is 1.95 bits per heavy atom. The van der Waals surface area contributed by atoms with E-state index in [2.05, 4.69) is 47.1 Å². The molecule has 1 aromatic carbocycles. The number of hydrogen-bond donors (Lipinski definition) is 1. The lowest BCUT2D eigenvalue weighted by Crippen LogP contribution is -2.03. The summed E-state index contributed by atoms with van der Waals surface area (Å²) in [6.07, 6.45) is 5.51. The summed E-state index contributed by atoms with van der Waals surface area (Å²) in [5.41, 5.74) is 2.98. The van der Waals surface area contributed by atoms with Crippen molar-refractivity contribution in [2.24, 2.45) is 0 Å². The maximum absolute atomic E-state index is 4.32. The van der Waals surface area contributed by atoms with Crippen LogP contribution in [0, 0.1) is 0 Å². The number of benzene rings is 1. The first-order chi connectivity index (χ1) is 9.24. The van der Waals surface area contributed by atoms with E-state index in [1.165, 1.54) is 0 Å². The normalized spacial score (nSPS) is 10.8. The van der Waals surface area contributed by atoms with Gasteiger partial charge in [-0.15, -0.1) is 0 Å². The van der Waals surface area contributed by atoms with Gasteiger partial charge in [0, 0.05) is 16.4 Å². The van der Waals surface area contributed by atoms with Crippen LogP contribution >= 0.6 is 31.9 Å². The first-order valence-electron chi connectivity index (χ1n) is 5.70. The highest BCUT2D eigenvalue weighted by Gasteiger charge is 2.05. The predicted molar refractivity (Wildman–Crippen MR) is 82.2 cm³/mol. The van der Waals surface area contributed by atoms with E-state index in [0.717, 1.165) is 26.1 Å². The number of anilines is 1. The van der Waals surface area contributed by atoms with Gasteiger partial charge in [-0.1, -0.05) is 12.1 Å². The third kappa shape index (κ3) is 2.64. The number of nitrogens with zero attached hydrogens (tertiary/aromatic N) is 3. The molecule has 1 N–H and O–H groups in total. The average Bonchev–Trinajstić information content (AvgIpc) is 2.80. The number of nitrogens with one attached hydrogen (secondary N) is 1. The quantitative estimate of drug-likeness (QED) is 0.748. The second kappa shape index (κ2) is 5.30. The molecule has 19 heavy (non-hydrogen) atoms. The van der Waals surface area contributed by atoms with Gasteiger partial charge in [0.05, 0.1) is 24.6 Å². The summed E-state index contributed by atoms with van der Waals surface area (Å²) in [7, 11) is 0. The number of imidazole rings is 1. The standard InChI is InChI=1S/C13H10Br2N4/c14-10-3-1-2-4-11(10)16-5-9-6-18-13-7-17-12(15)8-19(9)13/h1-4,6-8,16H,5H2. The zero-order chi connectivity index (χ0) is 13.2. The van der Waals surface area contributed by atoms with Crippen molar-refractivity contribution >= 4 is 43.2 Å². The van der Waals surface area contributed by atoms with Gasteiger partial charge in [0.2, 0.25) is 0 Å². The largest absolute Gasteiger partial charge is 0.378 e. The van der Waals surface area contributed by atoms with Crippen LogP contribution in [0.4, 0.5) is 5.69 Å². The van der Waals surface area contributed by atoms with Gasteiger partial charge in [0.1, 0.15) is 4.60 Å². The number of rotatable bonds is 3. The van der Waals surface area contributed by atoms with Crippen LogP contribution < -0.4 is 5.32 Å². The SMILES string of the molecule is Brc1cn2c(CNc3ccccc3Br)cnc2cn1. The fourth-order valence-electron chi connectivity index (χ4n) is 1.84. The smallest absolute Gasteiger partial charge is 0.155 e. The minimum Gasteiger partial charge on any atom is -0.378 e. The van der Waals surface area contributed by atoms with Crippen LogP contribution in [0.5, 0.6) is 0 Å². The molecule has 6 heteroatoms. The summed E-state index contributed by atoms with van der Waals surface area (Å²) < 4.78 is 3.85. The van der Waals surface area contributed by atoms with E-state index in [-0.39, 0.29) is 0 Å². The van der Waals surface area contributed by atoms with Gasteiger partial charge in [-0.25, -0.2) is 9.97 Å². The minimum absolute atomic E-state index is 0.695. The van der Waals surface area contributed by atoms with Crippen LogP contribution in [0.3, 0.4) is 0 Å². The maximum atomic E-state index is 4.32. The van der Waals surface area contributed by atoms with Crippen LogP contribution in [0.15, 0.2) is 51.9 Å². The van der Waals surface area contributed by atoms with Crippen molar-refractivity contribution in [3.63, 3.8) is 0 Å². The fourth-order valence-corrected chi connectivity index (χ4v) is 2.57. The summed E-state index contributed by atoms with van der Waals surface area (Å²) in [4.78, 5) is 8.48. The average molecular weight is 382 g/mol. The van der Waals surface area contributed by atoms with Crippen molar-refractivity contribution < 1.29 is 0 Å². The summed E-state index contributed by atoms with van der Waals surface area (Å²) in [5, 5.41) is 3.38. The molecule has 2 aromatic heterocycles. The van der Waals surface area contributed by atoms with E-state index in [1.807, 2.05) is 41.1 Å². The monoisotopic (exact) mass is 380 g/mol. The van der Waals surface area contributed by atoms with E-state index in [4.69, 9.17) is 0 Å². The molecule has 0 aliphatic rings. The fraction of sp³-hybridized carbons (Fsp3) is 0.0769. The maximum Gasteiger partial charge on any atom is 0.155 e. The second-order valence-electron chi connectivity index (χ2n) is 4.02. The van der Waals surface area contributed by atoms with E-state index >= 15 is 0 Å². The van der Waals surface area contributed by atoms with Crippen molar-refractivity contribution in [2.75, 3.05) is 5.32 Å². The highest BCUT2D eigenvalue weighted by atomic mass is 79.9. The molecule has 0 fully saturated rings. The lowest BCUT2D eigenvalue weighted by atomic mass is 10.3. The van der Waals surface area contributed by atoms with Gasteiger partial charge < -0.3 is 5.32 Å². The van der Waals surface area contributed by atoms with Gasteiger partial charge in [-0.3, -0.25) is 4.40 Å². The molecule has 0 amide bonds. The molecule has 2 heterocycles. The Balaban J connectivity index is 1.86. The molecular formula is C13H10Br2N4. The zero-order valence-electron chi connectivity index (χ0n) is 9.85. The Bertz CT molecular complexity index is 723. The molecule has 96 valence electrons. The number of aromatic nitrogens is 3. The molecule has 0 saturated heterocycles. The van der Waals surface area contributed by atoms with Gasteiger partial charge in [-0.2, -0.15) is 0 Å². The molecule has 3 rings (SSSR count). The minimum atomic E-state index is 0.695. The first-order valence-corrected chi connectivity index (χ1v) is 7.28. The molecule has 0 aliphatic heterocycles. The molecule has 3 aromatic rings. The van der Waals surface area contributed by atoms with E-state index in [0.29, 0.717) is 6.54 Å². The molecule has 0 atom stereocenters. The van der Waals surface area contributed by atoms with E-state index in [1.54, 1.807) is 6.20 Å². The van der Waals surface area contributed by atoms with Gasteiger partial charge in [0.15, 0.2) is 5.65 Å². The Labute approximate surface area is 127 Å². The predicted octanol–water partition coefficient (Wildman–Crippen LogP) is 3.87. The Kier molecular flexibility index (Phi) is 3.52. The lowest BCUT2D eigenvalue weighted by molar-refractivity contribution is 0.982.